The number of hydrogen-bond donors (Lipinski definition) is 3. The van der Waals surface area contributed by atoms with Crippen LogP contribution in [0.5, 0.6) is 5.75 Å². The molecule has 41 heavy (non-hydrogen) atoms. The average molecular weight is 595 g/mol. The third-order valence-electron chi connectivity index (χ3n) is 6.03. The lowest BCUT2D eigenvalue weighted by molar-refractivity contribution is -0.218. The van der Waals surface area contributed by atoms with Crippen molar-refractivity contribution in [2.24, 2.45) is 0 Å². The first kappa shape index (κ1) is 30.3. The number of aromatic nitrogens is 2. The molecule has 12 nitrogen and oxygen atoms in total. The van der Waals surface area contributed by atoms with Crippen molar-refractivity contribution in [3.8, 4) is 5.75 Å². The van der Waals surface area contributed by atoms with Gasteiger partial charge in [0.05, 0.1) is 6.61 Å². The number of hydrogen-bond acceptors (Lipinski definition) is 10. The maximum absolute atomic E-state index is 14.8. The zero-order valence-corrected chi connectivity index (χ0v) is 22.7. The van der Waals surface area contributed by atoms with E-state index in [0.717, 1.165) is 11.8 Å². The van der Waals surface area contributed by atoms with Crippen LogP contribution in [0.3, 0.4) is 0 Å². The minimum absolute atomic E-state index is 0.0401. The molecule has 1 aliphatic heterocycles. The Morgan fingerprint density at radius 2 is 1.80 bits per heavy atom. The first-order valence-corrected chi connectivity index (χ1v) is 14.0. The standard InChI is InChI=1S/C26H29F2N4O8P/c1-16(25(34)37-14-17-8-4-2-5-9-17)31-41(36,40-18-10-6-3-7-11-18)38-15-19-23(33)21(27)22(28)24(39-19)32-13-12-20(29)30-26(32)35/h2-13,16,19,21-24,33H,14-15H2,1H3,(H,31,36)(H2,29,30,35)/t16-,19+,21+,22?,23-,24+,41-/m0/s1. The number of halogens is 2. The molecule has 0 aliphatic carbocycles. The van der Waals surface area contributed by atoms with Crippen LogP contribution in [0.15, 0.2) is 77.7 Å². The number of benzene rings is 2. The Hall–Kier alpha value is -3.68. The fourth-order valence-electron chi connectivity index (χ4n) is 3.89. The van der Waals surface area contributed by atoms with Crippen molar-refractivity contribution < 1.29 is 41.8 Å². The number of carbonyl (C=O) groups excluding carboxylic acids is 1. The zero-order chi connectivity index (χ0) is 29.6. The second-order valence-corrected chi connectivity index (χ2v) is 10.8. The number of nitrogen functional groups attached to an aromatic ring is 1. The highest BCUT2D eigenvalue weighted by Gasteiger charge is 2.48. The second kappa shape index (κ2) is 13.3. The summed E-state index contributed by atoms with van der Waals surface area (Å²) in [6.07, 6.45) is -9.39. The van der Waals surface area contributed by atoms with E-state index in [9.17, 15) is 28.0 Å². The molecule has 220 valence electrons. The van der Waals surface area contributed by atoms with Crippen LogP contribution in [0.1, 0.15) is 18.7 Å². The van der Waals surface area contributed by atoms with E-state index >= 15 is 0 Å². The van der Waals surface area contributed by atoms with Gasteiger partial charge in [0.15, 0.2) is 18.6 Å². The van der Waals surface area contributed by atoms with Crippen molar-refractivity contribution in [3.63, 3.8) is 0 Å². The van der Waals surface area contributed by atoms with Crippen molar-refractivity contribution in [1.82, 2.24) is 14.6 Å². The maximum atomic E-state index is 14.8. The number of carbonyl (C=O) groups is 1. The molecule has 7 atom stereocenters. The molecule has 1 aliphatic rings. The van der Waals surface area contributed by atoms with Gasteiger partial charge in [-0.2, -0.15) is 10.1 Å². The Labute approximate surface area is 233 Å². The van der Waals surface area contributed by atoms with Crippen molar-refractivity contribution >= 4 is 19.5 Å². The van der Waals surface area contributed by atoms with Crippen LogP contribution >= 0.6 is 7.75 Å². The highest BCUT2D eigenvalue weighted by Crippen LogP contribution is 2.46. The van der Waals surface area contributed by atoms with Crippen LogP contribution in [0.25, 0.3) is 0 Å². The predicted molar refractivity (Wildman–Crippen MR) is 142 cm³/mol. The Kier molecular flexibility index (Phi) is 9.84. The fraction of sp³-hybridized carbons (Fsp3) is 0.346. The molecule has 0 spiro atoms. The van der Waals surface area contributed by atoms with Gasteiger partial charge in [0.1, 0.15) is 36.4 Å². The van der Waals surface area contributed by atoms with Gasteiger partial charge in [-0.1, -0.05) is 48.5 Å². The largest absolute Gasteiger partial charge is 0.460 e. The minimum Gasteiger partial charge on any atom is -0.460 e. The van der Waals surface area contributed by atoms with Gasteiger partial charge in [-0.15, -0.1) is 0 Å². The number of alkyl halides is 2. The first-order chi connectivity index (χ1) is 19.6. The summed E-state index contributed by atoms with van der Waals surface area (Å²) in [6.45, 7) is 0.540. The van der Waals surface area contributed by atoms with E-state index in [1.807, 2.05) is 6.07 Å². The minimum atomic E-state index is -4.44. The van der Waals surface area contributed by atoms with E-state index in [4.69, 9.17) is 24.3 Å². The van der Waals surface area contributed by atoms with Crippen LogP contribution < -0.4 is 21.0 Å². The molecule has 0 saturated carbocycles. The van der Waals surface area contributed by atoms with Crippen molar-refractivity contribution in [3.05, 3.63) is 89.0 Å². The van der Waals surface area contributed by atoms with Gasteiger partial charge in [0.2, 0.25) is 0 Å². The number of esters is 1. The summed E-state index contributed by atoms with van der Waals surface area (Å²) in [5.74, 6) is -0.818. The molecule has 2 aromatic carbocycles. The molecular formula is C26H29F2N4O8P. The Bertz CT molecular complexity index is 1420. The molecule has 4 N–H and O–H groups in total. The highest BCUT2D eigenvalue weighted by molar-refractivity contribution is 7.52. The smallest absolute Gasteiger partial charge is 0.459 e. The lowest BCUT2D eigenvalue weighted by Gasteiger charge is -2.39. The third-order valence-corrected chi connectivity index (χ3v) is 7.67. The number of aliphatic hydroxyl groups is 1. The maximum Gasteiger partial charge on any atom is 0.459 e. The third kappa shape index (κ3) is 7.75. The topological polar surface area (TPSA) is 164 Å². The number of para-hydroxylation sites is 1. The molecule has 2 heterocycles. The summed E-state index contributed by atoms with van der Waals surface area (Å²) >= 11 is 0. The van der Waals surface area contributed by atoms with E-state index in [1.54, 1.807) is 42.5 Å². The van der Waals surface area contributed by atoms with Crippen molar-refractivity contribution in [1.29, 1.82) is 0 Å². The van der Waals surface area contributed by atoms with Gasteiger partial charge in [-0.05, 0) is 30.7 Å². The number of nitrogens with two attached hydrogens (primary N) is 1. The summed E-state index contributed by atoms with van der Waals surface area (Å²) in [6, 6.07) is 16.7. The van der Waals surface area contributed by atoms with E-state index in [1.165, 1.54) is 25.1 Å². The van der Waals surface area contributed by atoms with E-state index < -0.39 is 62.8 Å². The van der Waals surface area contributed by atoms with Crippen LogP contribution in [0.2, 0.25) is 0 Å². The van der Waals surface area contributed by atoms with Gasteiger partial charge < -0.3 is 24.8 Å². The summed E-state index contributed by atoms with van der Waals surface area (Å²) in [4.78, 5) is 28.3. The Balaban J connectivity index is 1.49. The summed E-state index contributed by atoms with van der Waals surface area (Å²) in [5.41, 5.74) is 5.18. The summed E-state index contributed by atoms with van der Waals surface area (Å²) in [5, 5.41) is 12.8. The summed E-state index contributed by atoms with van der Waals surface area (Å²) in [7, 11) is -4.44. The Morgan fingerprint density at radius 1 is 1.15 bits per heavy atom. The van der Waals surface area contributed by atoms with Gasteiger partial charge in [-0.3, -0.25) is 13.9 Å². The van der Waals surface area contributed by atoms with Crippen LogP contribution in [-0.2, 0) is 30.0 Å². The van der Waals surface area contributed by atoms with Gasteiger partial charge >= 0.3 is 19.4 Å². The molecule has 15 heteroatoms. The van der Waals surface area contributed by atoms with Crippen molar-refractivity contribution in [2.45, 2.75) is 50.4 Å². The Morgan fingerprint density at radius 3 is 2.46 bits per heavy atom. The molecule has 1 unspecified atom stereocenters. The molecule has 0 radical (unpaired) electrons. The fourth-order valence-corrected chi connectivity index (χ4v) is 5.39. The van der Waals surface area contributed by atoms with Crippen LogP contribution in [0, 0.1) is 0 Å². The predicted octanol–water partition coefficient (Wildman–Crippen LogP) is 2.69. The van der Waals surface area contributed by atoms with E-state index in [2.05, 4.69) is 10.1 Å². The molecule has 1 fully saturated rings. The molecular weight excluding hydrogens is 565 g/mol. The second-order valence-electron chi connectivity index (χ2n) is 9.13. The number of aliphatic hydroxyl groups excluding tert-OH is 1. The SMILES string of the molecule is C[C@H](N[P@](=O)(OC[C@H]1O[C@@H](n2ccc(N)nc2=O)C(F)[C@@H](F)[C@H]1O)Oc1ccccc1)C(=O)OCc1ccccc1. The van der Waals surface area contributed by atoms with Crippen molar-refractivity contribution in [2.75, 3.05) is 12.3 Å². The van der Waals surface area contributed by atoms with Gasteiger partial charge in [0, 0.05) is 6.20 Å². The molecule has 1 aromatic heterocycles. The van der Waals surface area contributed by atoms with Gasteiger partial charge in [-0.25, -0.2) is 18.1 Å². The van der Waals surface area contributed by atoms with E-state index in [-0.39, 0.29) is 18.2 Å². The van der Waals surface area contributed by atoms with Crippen LogP contribution in [0.4, 0.5) is 14.6 Å². The molecule has 1 saturated heterocycles. The monoisotopic (exact) mass is 594 g/mol. The number of rotatable bonds is 11. The number of nitrogens with one attached hydrogen (secondary N) is 1. The quantitative estimate of drug-likeness (QED) is 0.221. The lowest BCUT2D eigenvalue weighted by atomic mass is 10.0. The lowest BCUT2D eigenvalue weighted by Crippen LogP contribution is -2.55. The normalized spacial score (nSPS) is 24.6. The molecule has 4 rings (SSSR count). The molecule has 0 bridgehead atoms. The average Bonchev–Trinajstić information content (AvgIpc) is 2.96. The highest BCUT2D eigenvalue weighted by atomic mass is 31.2. The molecule has 3 aromatic rings. The molecule has 0 amide bonds. The number of anilines is 1. The first-order valence-electron chi connectivity index (χ1n) is 12.5. The van der Waals surface area contributed by atoms with Gasteiger partial charge in [0.25, 0.3) is 0 Å². The number of nitrogens with zero attached hydrogens (tertiary/aromatic N) is 2. The summed E-state index contributed by atoms with van der Waals surface area (Å²) < 4.78 is 65.7. The number of ether oxygens (including phenoxy) is 2. The van der Waals surface area contributed by atoms with E-state index in [0.29, 0.717) is 4.57 Å². The zero-order valence-electron chi connectivity index (χ0n) is 21.8. The van der Waals surface area contributed by atoms with Crippen LogP contribution in [-0.4, -0.2) is 57.8 Å².